The normalized spacial score (nSPS) is 17.2. The van der Waals surface area contributed by atoms with E-state index in [-0.39, 0.29) is 5.91 Å². The van der Waals surface area contributed by atoms with Gasteiger partial charge in [-0.2, -0.15) is 0 Å². The second kappa shape index (κ2) is 5.07. The molecule has 1 amide bonds. The Kier molecular flexibility index (Phi) is 3.37. The van der Waals surface area contributed by atoms with Crippen molar-refractivity contribution in [2.75, 3.05) is 19.3 Å². The van der Waals surface area contributed by atoms with Crippen molar-refractivity contribution in [1.82, 2.24) is 9.88 Å². The summed E-state index contributed by atoms with van der Waals surface area (Å²) in [6.45, 7) is 0.372. The second-order valence-electron chi connectivity index (χ2n) is 6.09. The molecular weight excluding hydrogens is 266 g/mol. The van der Waals surface area contributed by atoms with E-state index in [4.69, 9.17) is 5.73 Å². The first-order valence-electron chi connectivity index (χ1n) is 7.34. The minimum Gasteiger partial charge on any atom is -0.397 e. The van der Waals surface area contributed by atoms with Crippen molar-refractivity contribution >= 4 is 22.5 Å². The van der Waals surface area contributed by atoms with Crippen LogP contribution in [0.25, 0.3) is 10.9 Å². The number of benzene rings is 1. The highest BCUT2D eigenvalue weighted by atomic mass is 16.3. The number of aliphatic hydroxyl groups is 1. The zero-order chi connectivity index (χ0) is 15.0. The molecule has 0 unspecified atom stereocenters. The van der Waals surface area contributed by atoms with Crippen LogP contribution in [-0.2, 0) is 0 Å². The SMILES string of the molecule is CN(CC1(O)CCCC1)C(=O)c1cc2cccc(N)c2[nH]1. The number of nitrogens with two attached hydrogens (primary N) is 1. The molecule has 0 atom stereocenters. The largest absolute Gasteiger partial charge is 0.397 e. The van der Waals surface area contributed by atoms with Gasteiger partial charge in [0.05, 0.1) is 16.8 Å². The molecule has 3 rings (SSSR count). The smallest absolute Gasteiger partial charge is 0.270 e. The molecule has 0 spiro atoms. The average Bonchev–Trinajstić information content (AvgIpc) is 3.05. The predicted octanol–water partition coefficient (Wildman–Crippen LogP) is 2.13. The summed E-state index contributed by atoms with van der Waals surface area (Å²) in [6.07, 6.45) is 3.59. The van der Waals surface area contributed by atoms with Crippen LogP contribution in [0.1, 0.15) is 36.2 Å². The van der Waals surface area contributed by atoms with Crippen molar-refractivity contribution < 1.29 is 9.90 Å². The topological polar surface area (TPSA) is 82.3 Å². The number of hydrogen-bond acceptors (Lipinski definition) is 3. The van der Waals surface area contributed by atoms with Crippen LogP contribution in [0.2, 0.25) is 0 Å². The molecule has 1 aliphatic rings. The van der Waals surface area contributed by atoms with Crippen molar-refractivity contribution in [2.45, 2.75) is 31.3 Å². The second-order valence-corrected chi connectivity index (χ2v) is 6.09. The lowest BCUT2D eigenvalue weighted by Crippen LogP contribution is -2.42. The molecule has 0 radical (unpaired) electrons. The number of aromatic amines is 1. The number of anilines is 1. The van der Waals surface area contributed by atoms with Gasteiger partial charge in [0.2, 0.25) is 0 Å². The summed E-state index contributed by atoms with van der Waals surface area (Å²) < 4.78 is 0. The highest BCUT2D eigenvalue weighted by Gasteiger charge is 2.33. The van der Waals surface area contributed by atoms with Crippen molar-refractivity contribution in [3.63, 3.8) is 0 Å². The Morgan fingerprint density at radius 2 is 2.14 bits per heavy atom. The van der Waals surface area contributed by atoms with Crippen LogP contribution in [-0.4, -0.2) is 40.1 Å². The quantitative estimate of drug-likeness (QED) is 0.756. The Balaban J connectivity index is 1.81. The van der Waals surface area contributed by atoms with Crippen LogP contribution in [0.15, 0.2) is 24.3 Å². The Hall–Kier alpha value is -2.01. The third kappa shape index (κ3) is 2.61. The first-order valence-corrected chi connectivity index (χ1v) is 7.34. The fraction of sp³-hybridized carbons (Fsp3) is 0.438. The van der Waals surface area contributed by atoms with Gasteiger partial charge in [-0.05, 0) is 25.0 Å². The van der Waals surface area contributed by atoms with Crippen molar-refractivity contribution in [1.29, 1.82) is 0 Å². The number of likely N-dealkylation sites (N-methyl/N-ethyl adjacent to an activating group) is 1. The molecule has 4 N–H and O–H groups in total. The van der Waals surface area contributed by atoms with E-state index in [1.807, 2.05) is 18.2 Å². The molecule has 1 fully saturated rings. The lowest BCUT2D eigenvalue weighted by Gasteiger charge is -2.28. The number of amides is 1. The van der Waals surface area contributed by atoms with Crippen molar-refractivity contribution in [2.24, 2.45) is 0 Å². The fourth-order valence-corrected chi connectivity index (χ4v) is 3.20. The first-order chi connectivity index (χ1) is 9.98. The summed E-state index contributed by atoms with van der Waals surface area (Å²) >= 11 is 0. The third-order valence-corrected chi connectivity index (χ3v) is 4.33. The van der Waals surface area contributed by atoms with E-state index >= 15 is 0 Å². The maximum atomic E-state index is 12.5. The molecule has 0 bridgehead atoms. The van der Waals surface area contributed by atoms with E-state index in [1.54, 1.807) is 18.0 Å². The number of carbonyl (C=O) groups excluding carboxylic acids is 1. The summed E-state index contributed by atoms with van der Waals surface area (Å²) in [5.41, 5.74) is 7.10. The third-order valence-electron chi connectivity index (χ3n) is 4.33. The summed E-state index contributed by atoms with van der Waals surface area (Å²) in [4.78, 5) is 17.2. The van der Waals surface area contributed by atoms with E-state index in [0.717, 1.165) is 36.6 Å². The zero-order valence-corrected chi connectivity index (χ0v) is 12.2. The standard InChI is InChI=1S/C16H21N3O2/c1-19(10-16(21)7-2-3-8-16)15(20)13-9-11-5-4-6-12(17)14(11)18-13/h4-6,9,18,21H,2-3,7-8,10,17H2,1H3. The average molecular weight is 287 g/mol. The number of nitrogens with zero attached hydrogens (tertiary/aromatic N) is 1. The van der Waals surface area contributed by atoms with Crippen LogP contribution in [0.3, 0.4) is 0 Å². The number of aromatic nitrogens is 1. The Morgan fingerprint density at radius 1 is 1.43 bits per heavy atom. The first kappa shape index (κ1) is 13.9. The lowest BCUT2D eigenvalue weighted by molar-refractivity contribution is 0.0155. The molecule has 0 saturated heterocycles. The summed E-state index contributed by atoms with van der Waals surface area (Å²) in [5.74, 6) is -0.120. The number of hydrogen-bond donors (Lipinski definition) is 3. The van der Waals surface area contributed by atoms with Crippen LogP contribution in [0.5, 0.6) is 0 Å². The zero-order valence-electron chi connectivity index (χ0n) is 12.2. The maximum Gasteiger partial charge on any atom is 0.270 e. The van der Waals surface area contributed by atoms with E-state index in [1.165, 1.54) is 0 Å². The molecule has 0 aliphatic heterocycles. The number of carbonyl (C=O) groups is 1. The number of para-hydroxylation sites is 1. The number of rotatable bonds is 3. The van der Waals surface area contributed by atoms with Gasteiger partial charge in [-0.25, -0.2) is 0 Å². The maximum absolute atomic E-state index is 12.5. The minimum absolute atomic E-state index is 0.120. The van der Waals surface area contributed by atoms with E-state index in [9.17, 15) is 9.90 Å². The number of fused-ring (bicyclic) bond motifs is 1. The highest BCUT2D eigenvalue weighted by Crippen LogP contribution is 2.30. The Bertz CT molecular complexity index is 671. The van der Waals surface area contributed by atoms with E-state index < -0.39 is 5.60 Å². The van der Waals surface area contributed by atoms with Gasteiger partial charge in [-0.3, -0.25) is 4.79 Å². The number of nitrogen functional groups attached to an aromatic ring is 1. The van der Waals surface area contributed by atoms with E-state index in [0.29, 0.717) is 17.9 Å². The van der Waals surface area contributed by atoms with Gasteiger partial charge < -0.3 is 20.7 Å². The number of nitrogens with one attached hydrogen (secondary N) is 1. The molecule has 112 valence electrons. The van der Waals surface area contributed by atoms with Gasteiger partial charge >= 0.3 is 0 Å². The van der Waals surface area contributed by atoms with Crippen molar-refractivity contribution in [3.8, 4) is 0 Å². The van der Waals surface area contributed by atoms with Crippen LogP contribution >= 0.6 is 0 Å². The Morgan fingerprint density at radius 3 is 2.81 bits per heavy atom. The molecular formula is C16H21N3O2. The van der Waals surface area contributed by atoms with Gasteiger partial charge in [-0.15, -0.1) is 0 Å². The van der Waals surface area contributed by atoms with Crippen LogP contribution in [0.4, 0.5) is 5.69 Å². The van der Waals surface area contributed by atoms with Gasteiger partial charge in [0.1, 0.15) is 5.69 Å². The van der Waals surface area contributed by atoms with Crippen LogP contribution < -0.4 is 5.73 Å². The monoisotopic (exact) mass is 287 g/mol. The molecule has 1 aliphatic carbocycles. The molecule has 1 aromatic heterocycles. The lowest BCUT2D eigenvalue weighted by atomic mass is 10.0. The molecule has 1 saturated carbocycles. The van der Waals surface area contributed by atoms with Crippen LogP contribution in [0, 0.1) is 0 Å². The summed E-state index contributed by atoms with van der Waals surface area (Å²) in [7, 11) is 1.73. The molecule has 5 heteroatoms. The van der Waals surface area contributed by atoms with Gasteiger partial charge in [0, 0.05) is 19.0 Å². The minimum atomic E-state index is -0.727. The Labute approximate surface area is 123 Å². The molecule has 21 heavy (non-hydrogen) atoms. The molecule has 1 aromatic carbocycles. The van der Waals surface area contributed by atoms with Crippen molar-refractivity contribution in [3.05, 3.63) is 30.0 Å². The molecule has 2 aromatic rings. The van der Waals surface area contributed by atoms with E-state index in [2.05, 4.69) is 4.98 Å². The highest BCUT2D eigenvalue weighted by molar-refractivity contribution is 6.00. The number of H-pyrrole nitrogens is 1. The fourth-order valence-electron chi connectivity index (χ4n) is 3.20. The van der Waals surface area contributed by atoms with Gasteiger partial charge in [0.25, 0.3) is 5.91 Å². The summed E-state index contributed by atoms with van der Waals surface area (Å²) in [5, 5.41) is 11.3. The summed E-state index contributed by atoms with van der Waals surface area (Å²) in [6, 6.07) is 7.40. The molecule has 1 heterocycles. The van der Waals surface area contributed by atoms with Gasteiger partial charge in [-0.1, -0.05) is 25.0 Å². The predicted molar refractivity (Wildman–Crippen MR) is 83.1 cm³/mol. The van der Waals surface area contributed by atoms with Gasteiger partial charge in [0.15, 0.2) is 0 Å². The molecule has 5 nitrogen and oxygen atoms in total.